The number of hydrogen-bond donors (Lipinski definition) is 1. The molecule has 2 unspecified atom stereocenters. The highest BCUT2D eigenvalue weighted by molar-refractivity contribution is 5.14. The molecule has 21 heavy (non-hydrogen) atoms. The van der Waals surface area contributed by atoms with Crippen molar-refractivity contribution >= 4 is 0 Å². The van der Waals surface area contributed by atoms with Gasteiger partial charge in [-0.2, -0.15) is 5.26 Å². The van der Waals surface area contributed by atoms with Crippen molar-refractivity contribution in [1.82, 2.24) is 10.2 Å². The molecule has 0 aromatic rings. The topological polar surface area (TPSA) is 48.3 Å². The highest BCUT2D eigenvalue weighted by atomic mass is 16.5. The molecule has 0 aliphatic heterocycles. The molecule has 0 aromatic heterocycles. The molecule has 122 valence electrons. The van der Waals surface area contributed by atoms with Crippen LogP contribution >= 0.6 is 0 Å². The number of nitrogens with zero attached hydrogens (tertiary/aromatic N) is 2. The summed E-state index contributed by atoms with van der Waals surface area (Å²) in [6, 6.07) is 2.60. The van der Waals surface area contributed by atoms with Gasteiger partial charge in [-0.3, -0.25) is 5.32 Å². The first kappa shape index (κ1) is 18.4. The minimum atomic E-state index is -0.269. The zero-order chi connectivity index (χ0) is 15.6. The quantitative estimate of drug-likeness (QED) is 0.595. The number of nitriles is 1. The van der Waals surface area contributed by atoms with Gasteiger partial charge in [0.1, 0.15) is 5.54 Å². The zero-order valence-electron chi connectivity index (χ0n) is 14.2. The monoisotopic (exact) mass is 295 g/mol. The molecule has 0 aromatic carbocycles. The second-order valence-corrected chi connectivity index (χ2v) is 6.02. The molecule has 1 fully saturated rings. The Morgan fingerprint density at radius 2 is 2.14 bits per heavy atom. The fourth-order valence-corrected chi connectivity index (χ4v) is 3.34. The van der Waals surface area contributed by atoms with Crippen LogP contribution in [0.4, 0.5) is 0 Å². The first-order chi connectivity index (χ1) is 10.2. The summed E-state index contributed by atoms with van der Waals surface area (Å²) >= 11 is 0. The Morgan fingerprint density at radius 3 is 2.76 bits per heavy atom. The third-order valence-corrected chi connectivity index (χ3v) is 4.71. The van der Waals surface area contributed by atoms with E-state index in [2.05, 4.69) is 30.1 Å². The largest absolute Gasteiger partial charge is 0.380 e. The molecule has 0 amide bonds. The first-order valence-electron chi connectivity index (χ1n) is 8.68. The van der Waals surface area contributed by atoms with Gasteiger partial charge < -0.3 is 9.64 Å². The molecule has 1 aliphatic carbocycles. The third-order valence-electron chi connectivity index (χ3n) is 4.71. The van der Waals surface area contributed by atoms with Gasteiger partial charge in [-0.25, -0.2) is 0 Å². The van der Waals surface area contributed by atoms with E-state index >= 15 is 0 Å². The second kappa shape index (κ2) is 10.2. The van der Waals surface area contributed by atoms with Crippen molar-refractivity contribution < 1.29 is 4.74 Å². The van der Waals surface area contributed by atoms with Crippen molar-refractivity contribution in [1.29, 1.82) is 5.26 Å². The molecule has 1 aliphatic rings. The van der Waals surface area contributed by atoms with E-state index in [4.69, 9.17) is 4.74 Å². The molecule has 4 heteroatoms. The van der Waals surface area contributed by atoms with Crippen molar-refractivity contribution in [2.45, 2.75) is 58.4 Å². The van der Waals surface area contributed by atoms with Gasteiger partial charge >= 0.3 is 0 Å². The maximum atomic E-state index is 9.66. The van der Waals surface area contributed by atoms with E-state index in [0.29, 0.717) is 5.92 Å². The molecular weight excluding hydrogens is 262 g/mol. The highest BCUT2D eigenvalue weighted by Gasteiger charge is 2.42. The lowest BCUT2D eigenvalue weighted by Crippen LogP contribution is -2.48. The van der Waals surface area contributed by atoms with Crippen LogP contribution in [0.15, 0.2) is 0 Å². The van der Waals surface area contributed by atoms with E-state index in [1.54, 1.807) is 0 Å². The highest BCUT2D eigenvalue weighted by Crippen LogP contribution is 2.37. The first-order valence-corrected chi connectivity index (χ1v) is 8.68. The summed E-state index contributed by atoms with van der Waals surface area (Å²) in [5.41, 5.74) is -0.269. The Balaban J connectivity index is 2.45. The Hall–Kier alpha value is -0.630. The van der Waals surface area contributed by atoms with E-state index < -0.39 is 0 Å². The van der Waals surface area contributed by atoms with E-state index in [9.17, 15) is 5.26 Å². The number of ether oxygens (including phenoxy) is 1. The molecule has 0 saturated heterocycles. The van der Waals surface area contributed by atoms with Crippen LogP contribution in [0.5, 0.6) is 0 Å². The van der Waals surface area contributed by atoms with Crippen LogP contribution < -0.4 is 5.32 Å². The van der Waals surface area contributed by atoms with Gasteiger partial charge in [-0.05, 0) is 58.2 Å². The van der Waals surface area contributed by atoms with Crippen LogP contribution in [0.3, 0.4) is 0 Å². The Morgan fingerprint density at radius 1 is 1.33 bits per heavy atom. The normalized spacial score (nSPS) is 25.4. The number of likely N-dealkylation sites (N-methyl/N-ethyl adjacent to an activating group) is 1. The van der Waals surface area contributed by atoms with Crippen molar-refractivity contribution in [2.75, 3.05) is 39.4 Å². The fourth-order valence-electron chi connectivity index (χ4n) is 3.34. The molecule has 0 heterocycles. The number of rotatable bonds is 11. The smallest absolute Gasteiger partial charge is 0.109 e. The van der Waals surface area contributed by atoms with Gasteiger partial charge in [0, 0.05) is 13.2 Å². The van der Waals surface area contributed by atoms with Gasteiger partial charge in [0.2, 0.25) is 0 Å². The molecular formula is C17H33N3O. The van der Waals surface area contributed by atoms with Gasteiger partial charge in [0.05, 0.1) is 12.7 Å². The van der Waals surface area contributed by atoms with E-state index in [-0.39, 0.29) is 5.54 Å². The summed E-state index contributed by atoms with van der Waals surface area (Å²) in [5, 5.41) is 13.2. The van der Waals surface area contributed by atoms with Crippen molar-refractivity contribution in [3.05, 3.63) is 0 Å². The summed E-state index contributed by atoms with van der Waals surface area (Å²) in [5.74, 6) is 0.496. The van der Waals surface area contributed by atoms with Gasteiger partial charge in [0.15, 0.2) is 0 Å². The Bertz CT molecular complexity index is 316. The predicted molar refractivity (Wildman–Crippen MR) is 87.2 cm³/mol. The minimum Gasteiger partial charge on any atom is -0.380 e. The van der Waals surface area contributed by atoms with Crippen molar-refractivity contribution in [3.63, 3.8) is 0 Å². The summed E-state index contributed by atoms with van der Waals surface area (Å²) in [7, 11) is 0. The number of hydrogen-bond acceptors (Lipinski definition) is 4. The molecule has 1 saturated carbocycles. The average molecular weight is 295 g/mol. The van der Waals surface area contributed by atoms with Crippen LogP contribution in [0, 0.1) is 17.2 Å². The fraction of sp³-hybridized carbons (Fsp3) is 0.941. The predicted octanol–water partition coefficient (Wildman–Crippen LogP) is 2.80. The van der Waals surface area contributed by atoms with Crippen LogP contribution in [-0.4, -0.2) is 49.8 Å². The molecule has 4 nitrogen and oxygen atoms in total. The lowest BCUT2D eigenvalue weighted by molar-refractivity contribution is 0.111. The third kappa shape index (κ3) is 5.58. The average Bonchev–Trinajstić information content (AvgIpc) is 2.92. The van der Waals surface area contributed by atoms with Gasteiger partial charge in [0.25, 0.3) is 0 Å². The van der Waals surface area contributed by atoms with Crippen molar-refractivity contribution in [2.24, 2.45) is 5.92 Å². The second-order valence-electron chi connectivity index (χ2n) is 6.02. The molecule has 0 spiro atoms. The molecule has 1 rings (SSSR count). The van der Waals surface area contributed by atoms with Crippen LogP contribution in [0.25, 0.3) is 0 Å². The molecule has 2 atom stereocenters. The van der Waals surface area contributed by atoms with Crippen LogP contribution in [0.2, 0.25) is 0 Å². The maximum absolute atomic E-state index is 9.66. The van der Waals surface area contributed by atoms with E-state index in [0.717, 1.165) is 58.7 Å². The van der Waals surface area contributed by atoms with Crippen LogP contribution in [0.1, 0.15) is 52.9 Å². The molecule has 1 N–H and O–H groups in total. The summed E-state index contributed by atoms with van der Waals surface area (Å²) in [4.78, 5) is 2.44. The maximum Gasteiger partial charge on any atom is 0.109 e. The SMILES string of the molecule is CCCNC1(C#N)CCCC1CCN(CC)CCOCC. The van der Waals surface area contributed by atoms with E-state index in [1.807, 2.05) is 6.92 Å². The number of nitrogens with one attached hydrogen (secondary N) is 1. The van der Waals surface area contributed by atoms with Crippen LogP contribution in [-0.2, 0) is 4.74 Å². The molecule has 0 bridgehead atoms. The van der Waals surface area contributed by atoms with Crippen molar-refractivity contribution in [3.8, 4) is 6.07 Å². The standard InChI is InChI=1S/C17H33N3O/c1-4-11-19-17(15-18)10-7-8-16(17)9-12-20(5-2)13-14-21-6-3/h16,19H,4-14H2,1-3H3. The summed E-state index contributed by atoms with van der Waals surface area (Å²) in [6.45, 7) is 12.1. The lowest BCUT2D eigenvalue weighted by Gasteiger charge is -2.31. The van der Waals surface area contributed by atoms with Gasteiger partial charge in [-0.1, -0.05) is 20.3 Å². The molecule has 0 radical (unpaired) electrons. The van der Waals surface area contributed by atoms with Gasteiger partial charge in [-0.15, -0.1) is 0 Å². The van der Waals surface area contributed by atoms with E-state index in [1.165, 1.54) is 12.8 Å². The minimum absolute atomic E-state index is 0.269. The summed E-state index contributed by atoms with van der Waals surface area (Å²) < 4.78 is 5.45. The summed E-state index contributed by atoms with van der Waals surface area (Å²) in [6.07, 6.45) is 5.59. The lowest BCUT2D eigenvalue weighted by atomic mass is 9.85. The Labute approximate surface area is 130 Å². The Kier molecular flexibility index (Phi) is 8.91. The zero-order valence-corrected chi connectivity index (χ0v) is 14.2.